The molecule has 109 heavy (non-hydrogen) atoms. The van der Waals surface area contributed by atoms with E-state index in [1.165, 1.54) is 53.7 Å². The Morgan fingerprint density at radius 2 is 0.661 bits per heavy atom. The first-order valence-corrected chi connectivity index (χ1v) is 34.3. The zero-order valence-corrected chi connectivity index (χ0v) is 58.8. The van der Waals surface area contributed by atoms with Crippen molar-refractivity contribution in [3.05, 3.63) is 331 Å². The van der Waals surface area contributed by atoms with E-state index < -0.39 is 519 Å². The molecule has 2 aliphatic heterocycles. The Bertz CT molecular complexity index is 9530. The van der Waals surface area contributed by atoms with Crippen LogP contribution in [0.25, 0.3) is 143 Å². The van der Waals surface area contributed by atoms with Crippen molar-refractivity contribution < 1.29 is 77.4 Å². The van der Waals surface area contributed by atoms with Gasteiger partial charge in [0.1, 0.15) is 11.2 Å². The zero-order chi connectivity index (χ0) is 117. The average Bonchev–Trinajstić information content (AvgIpc) is 1.01. The number of benzene rings is 15. The third-order valence-corrected chi connectivity index (χ3v) is 19.7. The topological polar surface area (TPSA) is 42.6 Å². The molecule has 21 rings (SSSR count). The number of fused-ring (bicyclic) bond motifs is 16. The third-order valence-electron chi connectivity index (χ3n) is 19.7. The summed E-state index contributed by atoms with van der Waals surface area (Å²) in [5.41, 5.74) is -30.0. The lowest BCUT2D eigenvalue weighted by Gasteiger charge is -2.46. The normalized spacial score (nSPS) is 19.6. The summed E-state index contributed by atoms with van der Waals surface area (Å²) >= 11 is 0. The van der Waals surface area contributed by atoms with Gasteiger partial charge in [0.25, 0.3) is 6.71 Å². The Morgan fingerprint density at radius 1 is 0.303 bits per heavy atom. The second-order valence-corrected chi connectivity index (χ2v) is 29.3. The monoisotopic (exact) mass is 1450 g/mol. The van der Waals surface area contributed by atoms with Gasteiger partial charge in [-0.05, 0) is 179 Å². The summed E-state index contributed by atoms with van der Waals surface area (Å²) in [6.07, 6.45) is 0. The average molecular weight is 1450 g/mol. The molecule has 0 aliphatic carbocycles. The number of rotatable bonds is 8. The largest absolute Gasteiger partial charge is 0.454 e. The first kappa shape index (κ1) is 31.5. The van der Waals surface area contributed by atoms with Crippen molar-refractivity contribution in [3.63, 3.8) is 0 Å². The molecule has 15 aromatic carbocycles. The van der Waals surface area contributed by atoms with Gasteiger partial charge >= 0.3 is 0 Å². The number of hydrogen-bond acceptors (Lipinski definition) is 4. The van der Waals surface area contributed by atoms with Crippen LogP contribution in [-0.2, 0) is 16.2 Å². The first-order chi connectivity index (χ1) is 73.8. The van der Waals surface area contributed by atoms with E-state index in [0.717, 1.165) is 9.80 Å². The van der Waals surface area contributed by atoms with Crippen LogP contribution in [0.4, 0.5) is 34.1 Å². The maximum Gasteiger partial charge on any atom is 0.252 e. The number of para-hydroxylation sites is 4. The Hall–Kier alpha value is -12.8. The molecule has 7 heteroatoms. The van der Waals surface area contributed by atoms with Crippen molar-refractivity contribution in [1.82, 2.24) is 9.13 Å². The summed E-state index contributed by atoms with van der Waals surface area (Å²) in [7, 11) is 0. The molecule has 0 spiro atoms. The van der Waals surface area contributed by atoms with Crippen LogP contribution in [0.3, 0.4) is 0 Å². The summed E-state index contributed by atoms with van der Waals surface area (Å²) in [6, 6.07) is -52.5. The molecule has 4 aromatic heterocycles. The summed E-state index contributed by atoms with van der Waals surface area (Å²) < 4.78 is 514. The van der Waals surface area contributed by atoms with Crippen molar-refractivity contribution in [1.29, 1.82) is 0 Å². The summed E-state index contributed by atoms with van der Waals surface area (Å²) in [4.78, 5) is 1.88. The van der Waals surface area contributed by atoms with Crippen molar-refractivity contribution >= 4 is 145 Å². The first-order valence-electron chi connectivity index (χ1n) is 59.3. The molecule has 0 amide bonds. The number of hydrogen-bond donors (Lipinski definition) is 0. The smallest absolute Gasteiger partial charge is 0.252 e. The summed E-state index contributed by atoms with van der Waals surface area (Å²) in [5.74, 6) is 0. The van der Waals surface area contributed by atoms with E-state index in [1.54, 1.807) is 20.8 Å². The van der Waals surface area contributed by atoms with Crippen molar-refractivity contribution in [3.8, 4) is 55.9 Å². The molecule has 0 saturated heterocycles. The Kier molecular flexibility index (Phi) is 6.90. The molecule has 0 N–H and O–H groups in total. The van der Waals surface area contributed by atoms with Gasteiger partial charge in [-0.3, -0.25) is 0 Å². The van der Waals surface area contributed by atoms with Crippen LogP contribution in [0.15, 0.2) is 323 Å². The maximum atomic E-state index is 12.0. The fourth-order valence-corrected chi connectivity index (χ4v) is 15.0. The minimum atomic E-state index is -2.53. The summed E-state index contributed by atoms with van der Waals surface area (Å²) in [5, 5.41) is -5.37. The second-order valence-electron chi connectivity index (χ2n) is 29.3. The highest BCUT2D eigenvalue weighted by atomic mass is 16.3. The minimum absolute atomic E-state index is 0.123. The molecule has 0 unspecified atom stereocenters. The Labute approximate surface area is 705 Å². The van der Waals surface area contributed by atoms with Crippen LogP contribution in [0, 0.1) is 0 Å². The van der Waals surface area contributed by atoms with E-state index in [4.69, 9.17) is 17.1 Å². The van der Waals surface area contributed by atoms with E-state index in [-0.39, 0.29) is 16.7 Å². The lowest BCUT2D eigenvalue weighted by Crippen LogP contribution is -2.61. The highest BCUT2D eigenvalue weighted by molar-refractivity contribution is 7.00. The standard InChI is InChI=1S/C102H79BN4O2/c1-100(2,3)68-56-89-95-90(57-68)107(97-76(65-36-20-13-21-37-65)61-80(102(7,8)9)94-74-41-25-29-45-92(74)109-99(94)97)88-59-70(105-84-43-27-23-39-72(84)78-55-67(47-53-86(78)105)63-32-16-11-17-33-63)49-51-82(88)103(95)81-50-48-69(104-83-42-26-22-38-71(83)77-54-66(46-52-85(77)104)62-30-14-10-15-31-62)58-87(81)106(89)96-75(64-34-18-12-19-35-64)60-79(101(4,5)6)93-73-40-24-28-44-91(73)108-98(93)96/h10-61H,1-9H3/i10D,11D,12D,13D,14D,15D,16D,17D,18D,19D,20D,21D,22D,23D,24D,25D,26D,27D,28D,29D,30D,31D,32D,33D,34D,35D,36D,37D,38D,39D,40D,41D,42D,43D,44D,45D,46D,47D,48D,49D,50D,51D,52D,53D,54D,55D,58D,59D,60D,61D. The van der Waals surface area contributed by atoms with Crippen LogP contribution in [0.2, 0.25) is 0 Å². The molecule has 0 fully saturated rings. The fourth-order valence-electron chi connectivity index (χ4n) is 15.0. The molecule has 2 aliphatic rings. The molecule has 0 bridgehead atoms. The zero-order valence-electron chi connectivity index (χ0n) is 109. The van der Waals surface area contributed by atoms with Gasteiger partial charge in [-0.25, -0.2) is 0 Å². The number of nitrogens with zero attached hydrogens (tertiary/aromatic N) is 4. The molecule has 0 atom stereocenters. The molecule has 6 heterocycles. The van der Waals surface area contributed by atoms with E-state index in [1.807, 2.05) is 0 Å². The number of aromatic nitrogens is 2. The van der Waals surface area contributed by atoms with Gasteiger partial charge < -0.3 is 27.8 Å². The fraction of sp³-hybridized carbons (Fsp3) is 0.118. The third kappa shape index (κ3) is 9.88. The van der Waals surface area contributed by atoms with Gasteiger partial charge in [-0.2, -0.15) is 0 Å². The maximum absolute atomic E-state index is 12.0. The Morgan fingerprint density at radius 3 is 1.06 bits per heavy atom. The van der Waals surface area contributed by atoms with Crippen LogP contribution in [0.1, 0.15) is 148 Å². The number of furan rings is 2. The van der Waals surface area contributed by atoms with Crippen molar-refractivity contribution in [2.75, 3.05) is 9.80 Å². The van der Waals surface area contributed by atoms with Gasteiger partial charge in [0, 0.05) is 88.3 Å². The van der Waals surface area contributed by atoms with E-state index in [0.29, 0.717) is 9.13 Å². The van der Waals surface area contributed by atoms with E-state index >= 15 is 0 Å². The molecular weight excluding hydrogens is 1320 g/mol. The second kappa shape index (κ2) is 23.8. The molecular formula is C102H79BN4O2. The predicted octanol–water partition coefficient (Wildman–Crippen LogP) is 26.3. The predicted molar refractivity (Wildman–Crippen MR) is 462 cm³/mol. The molecule has 0 saturated carbocycles. The minimum Gasteiger partial charge on any atom is -0.454 e. The van der Waals surface area contributed by atoms with Crippen LogP contribution < -0.4 is 26.2 Å². The molecule has 0 radical (unpaired) electrons. The molecule has 522 valence electrons. The molecule has 6 nitrogen and oxygen atoms in total. The van der Waals surface area contributed by atoms with Crippen LogP contribution in [-0.4, -0.2) is 15.8 Å². The van der Waals surface area contributed by atoms with E-state index in [2.05, 4.69) is 0 Å². The highest BCUT2D eigenvalue weighted by Crippen LogP contribution is 2.57. The quantitative estimate of drug-likeness (QED) is 0.142. The van der Waals surface area contributed by atoms with Gasteiger partial charge in [-0.1, -0.05) is 280 Å². The van der Waals surface area contributed by atoms with E-state index in [9.17, 15) is 60.3 Å². The van der Waals surface area contributed by atoms with Crippen LogP contribution >= 0.6 is 0 Å². The van der Waals surface area contributed by atoms with Crippen molar-refractivity contribution in [2.24, 2.45) is 0 Å². The van der Waals surface area contributed by atoms with Gasteiger partial charge in [0.2, 0.25) is 0 Å². The van der Waals surface area contributed by atoms with Crippen LogP contribution in [0.5, 0.6) is 0 Å². The van der Waals surface area contributed by atoms with Gasteiger partial charge in [-0.15, -0.1) is 0 Å². The van der Waals surface area contributed by atoms with Gasteiger partial charge in [0.05, 0.1) is 102 Å². The lowest BCUT2D eigenvalue weighted by atomic mass is 9.33. The Balaban J connectivity index is 1.09. The van der Waals surface area contributed by atoms with Gasteiger partial charge in [0.15, 0.2) is 11.2 Å². The number of anilines is 6. The lowest BCUT2D eigenvalue weighted by molar-refractivity contribution is 0.590. The summed E-state index contributed by atoms with van der Waals surface area (Å²) in [6.45, 7) is 11.3. The SMILES string of the molecule is [2H]c1c([2H])c([2H])c(-c2c([2H])c(C(C)(C)C)c3c(oc4c([2H])c([2H])c([2H])c([2H])c43)c2N2c3cc(C(C)(C)C)cc4c3B(c3c([2H])c([2H])c(-n5c6c([2H])c([2H])c([2H])c([2H])c6c6c([2H])c(-c7c([2H])c([2H])c([2H])c([2H])c7[2H])c([2H])c([2H])c65)c([2H])c32)c2c([2H])c([2H])c(-n3c5c([2H])c([2H])c([2H])c([2H])c5c5c([2H])c(-c6c([2H])c([2H])c([2H])c([2H])c6[2H])c([2H])c([2H])c53)c([2H])c2N4c2c(-c3c([2H])c([2H])c([2H])c([2H])c3[2H])c([2H])c(C(C)(C)C)c3c2oc2c([2H])c([2H])c([2H])c([2H])c23)c([2H])c1[2H]. The highest BCUT2D eigenvalue weighted by Gasteiger charge is 2.47. The van der Waals surface area contributed by atoms with Crippen molar-refractivity contribution in [2.45, 2.75) is 78.6 Å². The molecule has 19 aromatic rings.